The van der Waals surface area contributed by atoms with Crippen LogP contribution in [0.2, 0.25) is 0 Å². The minimum absolute atomic E-state index is 0.0200. The van der Waals surface area contributed by atoms with Crippen LogP contribution < -0.4 is 0 Å². The van der Waals surface area contributed by atoms with Gasteiger partial charge in [-0.05, 0) is 44.4 Å². The molecule has 1 saturated heterocycles. The van der Waals surface area contributed by atoms with Crippen LogP contribution in [0.15, 0.2) is 12.2 Å². The Morgan fingerprint density at radius 1 is 0.947 bits per heavy atom. The maximum Gasteiger partial charge on any atom is 0.303 e. The van der Waals surface area contributed by atoms with E-state index in [1.807, 2.05) is 0 Å². The predicted molar refractivity (Wildman–Crippen MR) is 133 cm³/mol. The minimum Gasteiger partial charge on any atom is -0.462 e. The Morgan fingerprint density at radius 2 is 1.58 bits per heavy atom. The minimum atomic E-state index is -1.51. The number of carbonyl (C=O) groups excluding carboxylic acids is 4. The molecule has 9 heteroatoms. The molecule has 2 bridgehead atoms. The molecular formula is C29H40O9. The summed E-state index contributed by atoms with van der Waals surface area (Å²) in [5, 5.41) is 0. The average molecular weight is 533 g/mol. The van der Waals surface area contributed by atoms with Crippen LogP contribution in [0.3, 0.4) is 0 Å². The summed E-state index contributed by atoms with van der Waals surface area (Å²) in [6.07, 6.45) is -0.921. The van der Waals surface area contributed by atoms with E-state index in [2.05, 4.69) is 27.4 Å². The summed E-state index contributed by atoms with van der Waals surface area (Å²) < 4.78 is 31.1. The van der Waals surface area contributed by atoms with Crippen molar-refractivity contribution in [1.29, 1.82) is 0 Å². The molecule has 5 rings (SSSR count). The Hall–Kier alpha value is -2.26. The number of esters is 3. The summed E-state index contributed by atoms with van der Waals surface area (Å²) in [5.74, 6) is -3.55. The number of rotatable bonds is 3. The highest BCUT2D eigenvalue weighted by molar-refractivity contribution is 6.07. The lowest BCUT2D eigenvalue weighted by atomic mass is 9.38. The third-order valence-electron chi connectivity index (χ3n) is 10.3. The topological polar surface area (TPSA) is 114 Å². The van der Waals surface area contributed by atoms with Gasteiger partial charge in [-0.1, -0.05) is 27.4 Å². The normalized spacial score (nSPS) is 45.9. The molecule has 0 aromatic carbocycles. The van der Waals surface area contributed by atoms with Gasteiger partial charge in [0.25, 0.3) is 0 Å². The molecule has 210 valence electrons. The Morgan fingerprint density at radius 3 is 2.16 bits per heavy atom. The standard InChI is InChI=1S/C29H40O9/c1-14-23(33)29-21-12-19-25(5,6)11-10-20(35-16(3)31)27(19,9)22(29)18(34-15(2)30)13-28(14,36-17(4)32)24(29)38-26(7,8)37-21/h18-22,24H,1,10-13H2,2-9H3/t18-,19+,20+,21+,22+,24-,27-,28+,29+/m0/s1. The molecule has 1 aliphatic heterocycles. The number of Topliss-reactive ketones (excluding diaryl/α,β-unsaturated/α-hetero) is 1. The van der Waals surface area contributed by atoms with E-state index in [9.17, 15) is 19.2 Å². The Kier molecular flexibility index (Phi) is 5.84. The molecular weight excluding hydrogens is 492 g/mol. The van der Waals surface area contributed by atoms with Gasteiger partial charge in [0.05, 0.1) is 11.5 Å². The highest BCUT2D eigenvalue weighted by Gasteiger charge is 2.85. The molecule has 5 aliphatic rings. The highest BCUT2D eigenvalue weighted by atomic mass is 16.7. The number of ketones is 1. The van der Waals surface area contributed by atoms with Crippen LogP contribution in [-0.4, -0.2) is 59.5 Å². The third kappa shape index (κ3) is 3.36. The zero-order valence-corrected chi connectivity index (χ0v) is 23.7. The average Bonchev–Trinajstić information content (AvgIpc) is 2.86. The molecule has 9 atom stereocenters. The van der Waals surface area contributed by atoms with Gasteiger partial charge in [0.2, 0.25) is 0 Å². The fourth-order valence-corrected chi connectivity index (χ4v) is 9.37. The molecule has 5 fully saturated rings. The molecule has 38 heavy (non-hydrogen) atoms. The Bertz CT molecular complexity index is 1120. The second-order valence-corrected chi connectivity index (χ2v) is 13.3. The van der Waals surface area contributed by atoms with Crippen molar-refractivity contribution in [3.8, 4) is 0 Å². The van der Waals surface area contributed by atoms with Crippen molar-refractivity contribution in [3.63, 3.8) is 0 Å². The molecule has 0 aromatic rings. The molecule has 0 aromatic heterocycles. The maximum absolute atomic E-state index is 14.6. The number of hydrogen-bond donors (Lipinski definition) is 0. The van der Waals surface area contributed by atoms with Crippen LogP contribution in [0.4, 0.5) is 0 Å². The second-order valence-electron chi connectivity index (χ2n) is 13.3. The second kappa shape index (κ2) is 8.13. The molecule has 0 unspecified atom stereocenters. The SMILES string of the molecule is C=C1C(=O)[C@@]23[C@@H]4[C@@H](OC(C)=O)C[C@]1(OC(C)=O)[C@@H]2OC(C)(C)O[C@@H]3C[C@@H]1C(C)(C)CC[C@@H](OC(C)=O)[C@]14C. The van der Waals surface area contributed by atoms with Crippen LogP contribution in [0.5, 0.6) is 0 Å². The lowest BCUT2D eigenvalue weighted by Gasteiger charge is -2.70. The fourth-order valence-electron chi connectivity index (χ4n) is 9.37. The van der Waals surface area contributed by atoms with Crippen molar-refractivity contribution >= 4 is 23.7 Å². The Balaban J connectivity index is 1.82. The summed E-state index contributed by atoms with van der Waals surface area (Å²) in [5.41, 5.74) is -3.69. The van der Waals surface area contributed by atoms with Gasteiger partial charge >= 0.3 is 17.9 Å². The summed E-state index contributed by atoms with van der Waals surface area (Å²) in [4.78, 5) is 51.9. The molecule has 1 heterocycles. The first-order valence-electron chi connectivity index (χ1n) is 13.6. The summed E-state index contributed by atoms with van der Waals surface area (Å²) >= 11 is 0. The first-order valence-corrected chi connectivity index (χ1v) is 13.6. The van der Waals surface area contributed by atoms with Gasteiger partial charge in [0, 0.05) is 44.1 Å². The van der Waals surface area contributed by atoms with Gasteiger partial charge in [0.15, 0.2) is 17.2 Å². The molecule has 1 spiro atoms. The number of ether oxygens (including phenoxy) is 5. The quantitative estimate of drug-likeness (QED) is 0.305. The fraction of sp³-hybridized carbons (Fsp3) is 0.793. The largest absolute Gasteiger partial charge is 0.462 e. The molecule has 0 radical (unpaired) electrons. The highest BCUT2D eigenvalue weighted by Crippen LogP contribution is 2.75. The molecule has 0 amide bonds. The van der Waals surface area contributed by atoms with E-state index in [1.165, 1.54) is 20.8 Å². The molecule has 4 aliphatic carbocycles. The number of fused-ring (bicyclic) bond motifs is 2. The van der Waals surface area contributed by atoms with Crippen molar-refractivity contribution in [2.24, 2.45) is 28.1 Å². The van der Waals surface area contributed by atoms with Crippen LogP contribution in [0.1, 0.15) is 81.1 Å². The monoisotopic (exact) mass is 532 g/mol. The molecule has 9 nitrogen and oxygen atoms in total. The van der Waals surface area contributed by atoms with Crippen molar-refractivity contribution in [2.45, 2.75) is 117 Å². The van der Waals surface area contributed by atoms with Gasteiger partial charge in [-0.3, -0.25) is 19.2 Å². The van der Waals surface area contributed by atoms with Crippen molar-refractivity contribution in [1.82, 2.24) is 0 Å². The van der Waals surface area contributed by atoms with E-state index in [0.29, 0.717) is 12.8 Å². The number of carbonyl (C=O) groups is 4. The van der Waals surface area contributed by atoms with E-state index in [-0.39, 0.29) is 29.1 Å². The lowest BCUT2D eigenvalue weighted by molar-refractivity contribution is -0.406. The molecule has 4 saturated carbocycles. The van der Waals surface area contributed by atoms with E-state index in [1.54, 1.807) is 13.8 Å². The number of hydrogen-bond acceptors (Lipinski definition) is 9. The van der Waals surface area contributed by atoms with Gasteiger partial charge in [-0.15, -0.1) is 0 Å². The third-order valence-corrected chi connectivity index (χ3v) is 10.3. The van der Waals surface area contributed by atoms with Crippen LogP contribution >= 0.6 is 0 Å². The van der Waals surface area contributed by atoms with E-state index in [0.717, 1.165) is 6.42 Å². The van der Waals surface area contributed by atoms with Crippen molar-refractivity contribution < 1.29 is 42.9 Å². The molecule has 0 N–H and O–H groups in total. The smallest absolute Gasteiger partial charge is 0.303 e. The van der Waals surface area contributed by atoms with E-state index in [4.69, 9.17) is 23.7 Å². The summed E-state index contributed by atoms with van der Waals surface area (Å²) in [6, 6.07) is 0. The van der Waals surface area contributed by atoms with Crippen molar-refractivity contribution in [3.05, 3.63) is 12.2 Å². The zero-order chi connectivity index (χ0) is 28.2. The predicted octanol–water partition coefficient (Wildman–Crippen LogP) is 3.66. The maximum atomic E-state index is 14.6. The van der Waals surface area contributed by atoms with Crippen LogP contribution in [-0.2, 0) is 42.9 Å². The lowest BCUT2D eigenvalue weighted by Crippen LogP contribution is -2.78. The van der Waals surface area contributed by atoms with Crippen LogP contribution in [0.25, 0.3) is 0 Å². The first-order chi connectivity index (χ1) is 17.4. The summed E-state index contributed by atoms with van der Waals surface area (Å²) in [6.45, 7) is 18.2. The van der Waals surface area contributed by atoms with E-state index < -0.39 is 70.5 Å². The summed E-state index contributed by atoms with van der Waals surface area (Å²) in [7, 11) is 0. The Labute approximate surface area is 223 Å². The van der Waals surface area contributed by atoms with Gasteiger partial charge in [-0.2, -0.15) is 0 Å². The van der Waals surface area contributed by atoms with Gasteiger partial charge in [-0.25, -0.2) is 0 Å². The first kappa shape index (κ1) is 27.3. The van der Waals surface area contributed by atoms with Gasteiger partial charge in [0.1, 0.15) is 18.3 Å². The van der Waals surface area contributed by atoms with Gasteiger partial charge < -0.3 is 23.7 Å². The zero-order valence-electron chi connectivity index (χ0n) is 23.7. The van der Waals surface area contributed by atoms with E-state index >= 15 is 0 Å². The van der Waals surface area contributed by atoms with Crippen molar-refractivity contribution in [2.75, 3.05) is 0 Å². The van der Waals surface area contributed by atoms with Crippen LogP contribution in [0, 0.1) is 28.1 Å².